The standard InChI is InChI=1S/C22H35N5O5/c1-14(28)27(24)13-19(29)17(23)10-22(2,3)11-20(30)26-12-16(25-21(31)32-4)9-15-7-5-6-8-18(15)26/h5-8,16-17,19,29H,9-13,23-24H2,1-4H3,(H,25,31)/t16?,17-,19-/m0/s1. The Morgan fingerprint density at radius 1 is 1.34 bits per heavy atom. The van der Waals surface area contributed by atoms with E-state index in [4.69, 9.17) is 16.3 Å². The van der Waals surface area contributed by atoms with Crippen molar-refractivity contribution in [3.8, 4) is 0 Å². The Morgan fingerprint density at radius 2 is 2.00 bits per heavy atom. The Hall–Kier alpha value is -2.69. The maximum absolute atomic E-state index is 13.3. The highest BCUT2D eigenvalue weighted by Crippen LogP contribution is 2.32. The number of ether oxygens (including phenoxy) is 1. The van der Waals surface area contributed by atoms with Crippen molar-refractivity contribution in [2.24, 2.45) is 17.0 Å². The molecule has 32 heavy (non-hydrogen) atoms. The molecule has 0 radical (unpaired) electrons. The van der Waals surface area contributed by atoms with Crippen molar-refractivity contribution in [3.63, 3.8) is 0 Å². The summed E-state index contributed by atoms with van der Waals surface area (Å²) in [6.07, 6.45) is -0.415. The van der Waals surface area contributed by atoms with E-state index in [9.17, 15) is 19.5 Å². The molecular weight excluding hydrogens is 414 g/mol. The lowest BCUT2D eigenvalue weighted by Gasteiger charge is -2.37. The predicted octanol–water partition coefficient (Wildman–Crippen LogP) is 0.517. The topological polar surface area (TPSA) is 151 Å². The fourth-order valence-electron chi connectivity index (χ4n) is 3.97. The molecule has 10 nitrogen and oxygen atoms in total. The summed E-state index contributed by atoms with van der Waals surface area (Å²) < 4.78 is 4.70. The Bertz CT molecular complexity index is 831. The van der Waals surface area contributed by atoms with E-state index >= 15 is 0 Å². The molecule has 1 aliphatic rings. The van der Waals surface area contributed by atoms with Crippen molar-refractivity contribution >= 4 is 23.6 Å². The summed E-state index contributed by atoms with van der Waals surface area (Å²) in [6, 6.07) is 6.67. The van der Waals surface area contributed by atoms with Gasteiger partial charge in [-0.15, -0.1) is 0 Å². The molecule has 3 atom stereocenters. The number of carbonyl (C=O) groups is 3. The molecule has 0 fully saturated rings. The predicted molar refractivity (Wildman–Crippen MR) is 120 cm³/mol. The number of hydrazine groups is 1. The van der Waals surface area contributed by atoms with Gasteiger partial charge in [0.25, 0.3) is 0 Å². The Morgan fingerprint density at radius 3 is 2.62 bits per heavy atom. The van der Waals surface area contributed by atoms with E-state index in [0.717, 1.165) is 16.3 Å². The largest absolute Gasteiger partial charge is 0.453 e. The van der Waals surface area contributed by atoms with Crippen molar-refractivity contribution < 1.29 is 24.2 Å². The lowest BCUT2D eigenvalue weighted by Crippen LogP contribution is -2.51. The number of nitrogens with zero attached hydrogens (tertiary/aromatic N) is 2. The molecule has 10 heteroatoms. The minimum absolute atomic E-state index is 0.0824. The quantitative estimate of drug-likeness (QED) is 0.256. The van der Waals surface area contributed by atoms with Crippen LogP contribution < -0.4 is 21.8 Å². The van der Waals surface area contributed by atoms with Gasteiger partial charge in [-0.1, -0.05) is 32.0 Å². The molecule has 1 heterocycles. The van der Waals surface area contributed by atoms with Gasteiger partial charge in [0.15, 0.2) is 0 Å². The van der Waals surface area contributed by atoms with Gasteiger partial charge in [0.1, 0.15) is 0 Å². The summed E-state index contributed by atoms with van der Waals surface area (Å²) >= 11 is 0. The summed E-state index contributed by atoms with van der Waals surface area (Å²) in [5, 5.41) is 14.0. The van der Waals surface area contributed by atoms with Crippen LogP contribution in [-0.4, -0.2) is 66.4 Å². The molecular formula is C22H35N5O5. The van der Waals surface area contributed by atoms with E-state index in [1.165, 1.54) is 14.0 Å². The van der Waals surface area contributed by atoms with Crippen molar-refractivity contribution in [3.05, 3.63) is 29.8 Å². The number of hydrogen-bond acceptors (Lipinski definition) is 7. The lowest BCUT2D eigenvalue weighted by atomic mass is 9.80. The van der Waals surface area contributed by atoms with Gasteiger partial charge in [0, 0.05) is 31.6 Å². The zero-order valence-electron chi connectivity index (χ0n) is 19.2. The molecule has 1 aromatic rings. The SMILES string of the molecule is COC(=O)NC1Cc2ccccc2N(C(=O)CC(C)(C)C[C@H](N)[C@@H](O)CN(N)C(C)=O)C1. The van der Waals surface area contributed by atoms with E-state index in [0.29, 0.717) is 19.4 Å². The van der Waals surface area contributed by atoms with Crippen molar-refractivity contribution in [2.45, 2.75) is 58.2 Å². The summed E-state index contributed by atoms with van der Waals surface area (Å²) in [5.74, 6) is 5.09. The molecule has 0 saturated carbocycles. The van der Waals surface area contributed by atoms with Crippen molar-refractivity contribution in [1.82, 2.24) is 10.3 Å². The summed E-state index contributed by atoms with van der Waals surface area (Å²) in [5.41, 5.74) is 7.41. The monoisotopic (exact) mass is 449 g/mol. The number of rotatable bonds is 8. The second-order valence-electron chi connectivity index (χ2n) is 9.12. The number of methoxy groups -OCH3 is 1. The van der Waals surface area contributed by atoms with E-state index in [-0.39, 0.29) is 30.8 Å². The van der Waals surface area contributed by atoms with Crippen LogP contribution in [0.15, 0.2) is 24.3 Å². The van der Waals surface area contributed by atoms with E-state index in [1.807, 2.05) is 38.1 Å². The van der Waals surface area contributed by atoms with Crippen LogP contribution >= 0.6 is 0 Å². The zero-order valence-corrected chi connectivity index (χ0v) is 19.2. The van der Waals surface area contributed by atoms with Gasteiger partial charge < -0.3 is 25.8 Å². The van der Waals surface area contributed by atoms with Crippen molar-refractivity contribution in [1.29, 1.82) is 0 Å². The van der Waals surface area contributed by atoms with Gasteiger partial charge in [-0.25, -0.2) is 10.6 Å². The fraction of sp³-hybridized carbons (Fsp3) is 0.591. The number of anilines is 1. The molecule has 1 aliphatic heterocycles. The Balaban J connectivity index is 2.08. The third-order valence-corrected chi connectivity index (χ3v) is 5.66. The molecule has 0 aliphatic carbocycles. The molecule has 0 saturated heterocycles. The molecule has 6 N–H and O–H groups in total. The number of nitrogens with two attached hydrogens (primary N) is 2. The average molecular weight is 450 g/mol. The van der Waals surface area contributed by atoms with E-state index in [1.54, 1.807) is 4.90 Å². The summed E-state index contributed by atoms with van der Waals surface area (Å²) in [7, 11) is 1.30. The maximum atomic E-state index is 13.3. The van der Waals surface area contributed by atoms with Crippen LogP contribution in [0.5, 0.6) is 0 Å². The van der Waals surface area contributed by atoms with Crippen LogP contribution in [0, 0.1) is 5.41 Å². The minimum atomic E-state index is -1.01. The second-order valence-corrected chi connectivity index (χ2v) is 9.12. The summed E-state index contributed by atoms with van der Waals surface area (Å²) in [4.78, 5) is 38.0. The highest BCUT2D eigenvalue weighted by Gasteiger charge is 2.34. The van der Waals surface area contributed by atoms with Gasteiger partial charge in [-0.3, -0.25) is 14.6 Å². The Kier molecular flexibility index (Phi) is 8.59. The number of alkyl carbamates (subject to hydrolysis) is 1. The van der Waals surface area contributed by atoms with Crippen LogP contribution in [0.25, 0.3) is 0 Å². The van der Waals surface area contributed by atoms with Crippen LogP contribution in [0.1, 0.15) is 39.2 Å². The van der Waals surface area contributed by atoms with Gasteiger partial charge >= 0.3 is 6.09 Å². The van der Waals surface area contributed by atoms with E-state index in [2.05, 4.69) is 5.32 Å². The molecule has 0 aromatic heterocycles. The van der Waals surface area contributed by atoms with Crippen LogP contribution in [0.3, 0.4) is 0 Å². The zero-order chi connectivity index (χ0) is 24.1. The van der Waals surface area contributed by atoms with Gasteiger partial charge in [-0.2, -0.15) is 0 Å². The first kappa shape index (κ1) is 25.6. The smallest absolute Gasteiger partial charge is 0.407 e. The average Bonchev–Trinajstić information content (AvgIpc) is 2.71. The third kappa shape index (κ3) is 6.91. The normalized spacial score (nSPS) is 17.7. The number of hydrogen-bond donors (Lipinski definition) is 4. The van der Waals surface area contributed by atoms with E-state index < -0.39 is 23.7 Å². The molecule has 1 unspecified atom stereocenters. The first-order chi connectivity index (χ1) is 14.9. The number of benzene rings is 1. The number of aliphatic hydroxyl groups excluding tert-OH is 1. The molecule has 1 aromatic carbocycles. The number of nitrogens with one attached hydrogen (secondary N) is 1. The highest BCUT2D eigenvalue weighted by molar-refractivity contribution is 5.95. The molecule has 0 spiro atoms. The number of amides is 3. The number of carbonyl (C=O) groups excluding carboxylic acids is 3. The van der Waals surface area contributed by atoms with Crippen molar-refractivity contribution in [2.75, 3.05) is 25.1 Å². The maximum Gasteiger partial charge on any atom is 0.407 e. The number of aliphatic hydroxyl groups is 1. The third-order valence-electron chi connectivity index (χ3n) is 5.66. The fourth-order valence-corrected chi connectivity index (χ4v) is 3.97. The van der Waals surface area contributed by atoms with Gasteiger partial charge in [0.2, 0.25) is 11.8 Å². The first-order valence-electron chi connectivity index (χ1n) is 10.6. The Labute approximate surface area is 188 Å². The minimum Gasteiger partial charge on any atom is -0.453 e. The van der Waals surface area contributed by atoms with Gasteiger partial charge in [-0.05, 0) is 29.9 Å². The number of fused-ring (bicyclic) bond motifs is 1. The summed E-state index contributed by atoms with van der Waals surface area (Å²) in [6.45, 7) is 5.36. The molecule has 0 bridgehead atoms. The van der Waals surface area contributed by atoms with Gasteiger partial charge in [0.05, 0.1) is 25.8 Å². The first-order valence-corrected chi connectivity index (χ1v) is 10.6. The molecule has 178 valence electrons. The highest BCUT2D eigenvalue weighted by atomic mass is 16.5. The van der Waals surface area contributed by atoms with Crippen LogP contribution in [0.2, 0.25) is 0 Å². The van der Waals surface area contributed by atoms with Crippen LogP contribution in [-0.2, 0) is 20.7 Å². The van der Waals surface area contributed by atoms with Crippen LogP contribution in [0.4, 0.5) is 10.5 Å². The second kappa shape index (κ2) is 10.8. The molecule has 3 amide bonds. The lowest BCUT2D eigenvalue weighted by molar-refractivity contribution is -0.130. The molecule has 2 rings (SSSR count). The number of para-hydroxylation sites is 1.